The van der Waals surface area contributed by atoms with Gasteiger partial charge in [0.05, 0.1) is 11.2 Å². The minimum atomic E-state index is -0.397. The molecule has 0 bridgehead atoms. The van der Waals surface area contributed by atoms with Gasteiger partial charge in [0.1, 0.15) is 12.4 Å². The van der Waals surface area contributed by atoms with Gasteiger partial charge in [-0.05, 0) is 44.0 Å². The van der Waals surface area contributed by atoms with Crippen LogP contribution >= 0.6 is 11.3 Å². The third-order valence-corrected chi connectivity index (χ3v) is 4.48. The van der Waals surface area contributed by atoms with Crippen LogP contribution in [0.2, 0.25) is 0 Å². The van der Waals surface area contributed by atoms with Crippen LogP contribution in [0.4, 0.5) is 0 Å². The number of benzene rings is 1. The Labute approximate surface area is 140 Å². The maximum Gasteiger partial charge on any atom is 0.251 e. The fraction of sp³-hybridized carbons (Fsp3) is 0.412. The molecular weight excluding hydrogens is 312 g/mol. The Balaban J connectivity index is 1.94. The first kappa shape index (κ1) is 17.4. The maximum absolute atomic E-state index is 12.3. The van der Waals surface area contributed by atoms with Crippen molar-refractivity contribution in [3.8, 4) is 5.75 Å². The van der Waals surface area contributed by atoms with Gasteiger partial charge in [-0.1, -0.05) is 6.92 Å². The summed E-state index contributed by atoms with van der Waals surface area (Å²) in [7, 11) is 0. The Bertz CT molecular complexity index is 613. The summed E-state index contributed by atoms with van der Waals surface area (Å²) in [5, 5.41) is 14.0. The van der Waals surface area contributed by atoms with Crippen LogP contribution < -0.4 is 10.1 Å². The van der Waals surface area contributed by atoms with Crippen LogP contribution in [-0.4, -0.2) is 28.1 Å². The first-order valence-corrected chi connectivity index (χ1v) is 8.54. The molecule has 0 spiro atoms. The fourth-order valence-electron chi connectivity index (χ4n) is 2.09. The smallest absolute Gasteiger partial charge is 0.251 e. The van der Waals surface area contributed by atoms with Gasteiger partial charge in [-0.15, -0.1) is 11.3 Å². The van der Waals surface area contributed by atoms with Crippen molar-refractivity contribution in [3.63, 3.8) is 0 Å². The average Bonchev–Trinajstić information content (AvgIpc) is 3.07. The second-order valence-electron chi connectivity index (χ2n) is 5.63. The van der Waals surface area contributed by atoms with Gasteiger partial charge >= 0.3 is 0 Å². The molecule has 2 N–H and O–H groups in total. The first-order valence-electron chi connectivity index (χ1n) is 7.59. The average molecular weight is 334 g/mol. The lowest BCUT2D eigenvalue weighted by Gasteiger charge is -2.29. The molecule has 6 heteroatoms. The Morgan fingerprint density at radius 2 is 2.13 bits per heavy atom. The van der Waals surface area contributed by atoms with Gasteiger partial charge < -0.3 is 15.2 Å². The van der Waals surface area contributed by atoms with E-state index in [4.69, 9.17) is 9.84 Å². The Morgan fingerprint density at radius 3 is 2.70 bits per heavy atom. The van der Waals surface area contributed by atoms with Crippen molar-refractivity contribution < 1.29 is 14.6 Å². The van der Waals surface area contributed by atoms with Crippen LogP contribution in [-0.2, 0) is 6.61 Å². The number of carbonyl (C=O) groups excluding carboxylic acids is 1. The number of amides is 1. The number of hydrogen-bond donors (Lipinski definition) is 2. The first-order chi connectivity index (χ1) is 11.1. The molecule has 1 aromatic heterocycles. The number of nitrogens with zero attached hydrogens (tertiary/aromatic N) is 1. The molecule has 2 aromatic rings. The van der Waals surface area contributed by atoms with Gasteiger partial charge in [0.2, 0.25) is 0 Å². The normalized spacial score (nSPS) is 13.3. The second-order valence-corrected chi connectivity index (χ2v) is 6.35. The molecule has 0 saturated carbocycles. The van der Waals surface area contributed by atoms with Crippen molar-refractivity contribution in [1.29, 1.82) is 0 Å². The number of nitrogens with one attached hydrogen (secondary N) is 1. The number of carbonyl (C=O) groups is 1. The SMILES string of the molecule is CCC(C)(CCO)NC(=O)c1ccc(OCc2cscn2)cc1. The monoisotopic (exact) mass is 334 g/mol. The van der Waals surface area contributed by atoms with E-state index in [1.54, 1.807) is 29.8 Å². The van der Waals surface area contributed by atoms with Gasteiger partial charge in [0.15, 0.2) is 0 Å². The lowest BCUT2D eigenvalue weighted by atomic mass is 9.94. The van der Waals surface area contributed by atoms with Crippen LogP contribution in [0.15, 0.2) is 35.2 Å². The third kappa shape index (κ3) is 5.04. The molecule has 5 nitrogen and oxygen atoms in total. The largest absolute Gasteiger partial charge is 0.487 e. The van der Waals surface area contributed by atoms with Crippen LogP contribution in [0.1, 0.15) is 42.7 Å². The van der Waals surface area contributed by atoms with Crippen molar-refractivity contribution in [2.75, 3.05) is 6.61 Å². The predicted octanol–water partition coefficient (Wildman–Crippen LogP) is 3.00. The zero-order chi connectivity index (χ0) is 16.7. The molecule has 0 radical (unpaired) electrons. The minimum Gasteiger partial charge on any atom is -0.487 e. The lowest BCUT2D eigenvalue weighted by molar-refractivity contribution is 0.0886. The number of ether oxygens (including phenoxy) is 1. The highest BCUT2D eigenvalue weighted by Crippen LogP contribution is 2.17. The van der Waals surface area contributed by atoms with Crippen LogP contribution in [0.5, 0.6) is 5.75 Å². The highest BCUT2D eigenvalue weighted by molar-refractivity contribution is 7.07. The summed E-state index contributed by atoms with van der Waals surface area (Å²) in [6, 6.07) is 7.02. The Morgan fingerprint density at radius 1 is 1.39 bits per heavy atom. The number of hydrogen-bond acceptors (Lipinski definition) is 5. The molecule has 0 saturated heterocycles. The fourth-order valence-corrected chi connectivity index (χ4v) is 2.63. The summed E-state index contributed by atoms with van der Waals surface area (Å²) in [6.07, 6.45) is 1.29. The molecule has 0 fully saturated rings. The number of aliphatic hydroxyl groups excluding tert-OH is 1. The number of rotatable bonds is 8. The van der Waals surface area contributed by atoms with E-state index in [1.165, 1.54) is 11.3 Å². The van der Waals surface area contributed by atoms with E-state index in [2.05, 4.69) is 10.3 Å². The van der Waals surface area contributed by atoms with Crippen molar-refractivity contribution in [1.82, 2.24) is 10.3 Å². The van der Waals surface area contributed by atoms with Crippen molar-refractivity contribution >= 4 is 17.2 Å². The molecule has 0 aliphatic carbocycles. The Hall–Kier alpha value is -1.92. The van der Waals surface area contributed by atoms with E-state index in [-0.39, 0.29) is 12.5 Å². The molecular formula is C17H22N2O3S. The zero-order valence-corrected chi connectivity index (χ0v) is 14.2. The van der Waals surface area contributed by atoms with Gasteiger partial charge in [0, 0.05) is 23.1 Å². The third-order valence-electron chi connectivity index (χ3n) is 3.85. The highest BCUT2D eigenvalue weighted by Gasteiger charge is 2.24. The molecule has 124 valence electrons. The van der Waals surface area contributed by atoms with E-state index >= 15 is 0 Å². The molecule has 2 rings (SSSR count). The number of thiazole rings is 1. The van der Waals surface area contributed by atoms with Gasteiger partial charge in [-0.2, -0.15) is 0 Å². The summed E-state index contributed by atoms with van der Waals surface area (Å²) in [5.41, 5.74) is 2.83. The van der Waals surface area contributed by atoms with Crippen LogP contribution in [0.3, 0.4) is 0 Å². The Kier molecular flexibility index (Phi) is 6.12. The van der Waals surface area contributed by atoms with Gasteiger partial charge in [-0.25, -0.2) is 4.98 Å². The maximum atomic E-state index is 12.3. The molecule has 0 aliphatic heterocycles. The van der Waals surface area contributed by atoms with Crippen molar-refractivity contribution in [2.24, 2.45) is 0 Å². The van der Waals surface area contributed by atoms with E-state index in [0.717, 1.165) is 12.1 Å². The van der Waals surface area contributed by atoms with E-state index in [1.807, 2.05) is 19.2 Å². The molecule has 1 heterocycles. The number of aliphatic hydroxyl groups is 1. The zero-order valence-electron chi connectivity index (χ0n) is 13.4. The molecule has 1 amide bonds. The summed E-state index contributed by atoms with van der Waals surface area (Å²) in [4.78, 5) is 16.5. The standard InChI is InChI=1S/C17H22N2O3S/c1-3-17(2,8-9-20)19-16(21)13-4-6-15(7-5-13)22-10-14-11-23-12-18-14/h4-7,11-12,20H,3,8-10H2,1-2H3,(H,19,21). The summed E-state index contributed by atoms with van der Waals surface area (Å²) < 4.78 is 5.63. The van der Waals surface area contributed by atoms with Crippen molar-refractivity contribution in [2.45, 2.75) is 38.8 Å². The van der Waals surface area contributed by atoms with Crippen molar-refractivity contribution in [3.05, 3.63) is 46.4 Å². The minimum absolute atomic E-state index is 0.0496. The predicted molar refractivity (Wildman–Crippen MR) is 90.8 cm³/mol. The molecule has 23 heavy (non-hydrogen) atoms. The molecule has 1 unspecified atom stereocenters. The van der Waals surface area contributed by atoms with E-state index in [9.17, 15) is 4.79 Å². The summed E-state index contributed by atoms with van der Waals surface area (Å²) in [6.45, 7) is 4.39. The van der Waals surface area contributed by atoms with Crippen LogP contribution in [0, 0.1) is 0 Å². The quantitative estimate of drug-likeness (QED) is 0.778. The van der Waals surface area contributed by atoms with Crippen LogP contribution in [0.25, 0.3) is 0 Å². The van der Waals surface area contributed by atoms with Gasteiger partial charge in [0.25, 0.3) is 5.91 Å². The second kappa shape index (κ2) is 8.08. The highest BCUT2D eigenvalue weighted by atomic mass is 32.1. The van der Waals surface area contributed by atoms with Gasteiger partial charge in [-0.3, -0.25) is 4.79 Å². The topological polar surface area (TPSA) is 71.5 Å². The molecule has 0 aliphatic rings. The molecule has 1 atom stereocenters. The molecule has 1 aromatic carbocycles. The summed E-state index contributed by atoms with van der Waals surface area (Å²) in [5.74, 6) is 0.553. The lowest BCUT2D eigenvalue weighted by Crippen LogP contribution is -2.46. The van der Waals surface area contributed by atoms with E-state index < -0.39 is 5.54 Å². The van der Waals surface area contributed by atoms with E-state index in [0.29, 0.717) is 24.3 Å². The number of aromatic nitrogens is 1. The summed E-state index contributed by atoms with van der Waals surface area (Å²) >= 11 is 1.53.